The van der Waals surface area contributed by atoms with Crippen LogP contribution in [0.4, 0.5) is 0 Å². The summed E-state index contributed by atoms with van der Waals surface area (Å²) in [4.78, 5) is 13.2. The molecule has 0 saturated carbocycles. The molecule has 0 unspecified atom stereocenters. The van der Waals surface area contributed by atoms with Gasteiger partial charge in [0.2, 0.25) is 0 Å². The van der Waals surface area contributed by atoms with E-state index in [0.717, 1.165) is 27.5 Å². The van der Waals surface area contributed by atoms with Crippen LogP contribution in [0.1, 0.15) is 27.0 Å². The fourth-order valence-corrected chi connectivity index (χ4v) is 4.78. The number of carbonyl (C=O) groups is 1. The largest absolute Gasteiger partial charge is 0.456 e. The van der Waals surface area contributed by atoms with E-state index in [9.17, 15) is 4.79 Å². The first kappa shape index (κ1) is 16.9. The number of carbonyl (C=O) groups excluding carboxylic acids is 1. The molecule has 0 saturated heterocycles. The number of benzene rings is 4. The fourth-order valence-electron chi connectivity index (χ4n) is 4.46. The first-order valence-corrected chi connectivity index (χ1v) is 9.87. The van der Waals surface area contributed by atoms with E-state index in [1.54, 1.807) is 30.3 Å². The quantitative estimate of drug-likeness (QED) is 0.297. The molecule has 29 heavy (non-hydrogen) atoms. The molecule has 4 aromatic rings. The highest BCUT2D eigenvalue weighted by Gasteiger charge is 2.51. The van der Waals surface area contributed by atoms with Crippen molar-refractivity contribution in [2.75, 3.05) is 0 Å². The average Bonchev–Trinajstić information content (AvgIpc) is 2.71. The Kier molecular flexibility index (Phi) is 3.35. The van der Waals surface area contributed by atoms with E-state index < -0.39 is 5.60 Å². The van der Waals surface area contributed by atoms with Crippen LogP contribution in [0.3, 0.4) is 0 Å². The van der Waals surface area contributed by atoms with E-state index in [4.69, 9.17) is 32.7 Å². The molecule has 4 aromatic carbocycles. The van der Waals surface area contributed by atoms with Crippen molar-refractivity contribution in [2.24, 2.45) is 0 Å². The summed E-state index contributed by atoms with van der Waals surface area (Å²) in [5, 5.41) is 2.93. The zero-order valence-electron chi connectivity index (χ0n) is 14.9. The summed E-state index contributed by atoms with van der Waals surface area (Å²) in [5.74, 6) is 0.700. The molecular weight excluding hydrogens is 407 g/mol. The third kappa shape index (κ3) is 2.17. The van der Waals surface area contributed by atoms with Crippen molar-refractivity contribution in [3.8, 4) is 11.5 Å². The molecule has 2 aliphatic heterocycles. The molecular formula is C24H12Cl2O3. The molecule has 1 spiro atoms. The summed E-state index contributed by atoms with van der Waals surface area (Å²) in [6.45, 7) is 0. The SMILES string of the molecule is O=C1OC2(c3ccc(Cl)cc3Oc3cc(Cl)ccc32)c2cccc3cccc1c23. The van der Waals surface area contributed by atoms with Crippen LogP contribution in [0.15, 0.2) is 72.8 Å². The molecule has 0 N–H and O–H groups in total. The van der Waals surface area contributed by atoms with Crippen LogP contribution in [-0.2, 0) is 10.3 Å². The number of rotatable bonds is 0. The molecule has 0 bridgehead atoms. The molecule has 0 amide bonds. The summed E-state index contributed by atoms with van der Waals surface area (Å²) in [5.41, 5.74) is 1.75. The van der Waals surface area contributed by atoms with Crippen LogP contribution < -0.4 is 4.74 Å². The Morgan fingerprint density at radius 1 is 0.724 bits per heavy atom. The highest BCUT2D eigenvalue weighted by atomic mass is 35.5. The number of esters is 1. The van der Waals surface area contributed by atoms with Gasteiger partial charge in [-0.15, -0.1) is 0 Å². The minimum atomic E-state index is -1.15. The maximum atomic E-state index is 13.2. The lowest BCUT2D eigenvalue weighted by Gasteiger charge is -2.42. The maximum Gasteiger partial charge on any atom is 0.340 e. The molecule has 2 heterocycles. The van der Waals surface area contributed by atoms with Crippen LogP contribution in [0.5, 0.6) is 11.5 Å². The van der Waals surface area contributed by atoms with Gasteiger partial charge in [0.1, 0.15) is 11.5 Å². The minimum Gasteiger partial charge on any atom is -0.456 e. The zero-order valence-corrected chi connectivity index (χ0v) is 16.4. The van der Waals surface area contributed by atoms with Gasteiger partial charge in [-0.2, -0.15) is 0 Å². The van der Waals surface area contributed by atoms with Crippen LogP contribution in [-0.4, -0.2) is 5.97 Å². The van der Waals surface area contributed by atoms with Crippen LogP contribution in [0.25, 0.3) is 10.8 Å². The average molecular weight is 419 g/mol. The van der Waals surface area contributed by atoms with Crippen molar-refractivity contribution in [3.63, 3.8) is 0 Å². The third-order valence-electron chi connectivity index (χ3n) is 5.62. The monoisotopic (exact) mass is 418 g/mol. The van der Waals surface area contributed by atoms with Crippen LogP contribution in [0.2, 0.25) is 10.0 Å². The van der Waals surface area contributed by atoms with Crippen molar-refractivity contribution in [1.29, 1.82) is 0 Å². The highest BCUT2D eigenvalue weighted by Crippen LogP contribution is 2.56. The molecule has 0 aromatic heterocycles. The van der Waals surface area contributed by atoms with Gasteiger partial charge in [-0.1, -0.05) is 53.5 Å². The molecule has 140 valence electrons. The normalized spacial score (nSPS) is 15.4. The molecule has 0 radical (unpaired) electrons. The van der Waals surface area contributed by atoms with Crippen molar-refractivity contribution in [3.05, 3.63) is 105 Å². The Labute approximate surface area is 176 Å². The Bertz CT molecular complexity index is 1300. The Balaban J connectivity index is 1.82. The molecule has 6 rings (SSSR count). The summed E-state index contributed by atoms with van der Waals surface area (Å²) in [7, 11) is 0. The van der Waals surface area contributed by atoms with Crippen LogP contribution >= 0.6 is 23.2 Å². The molecule has 3 nitrogen and oxygen atoms in total. The molecule has 2 aliphatic rings. The van der Waals surface area contributed by atoms with Gasteiger partial charge in [0.05, 0.1) is 5.56 Å². The summed E-state index contributed by atoms with van der Waals surface area (Å²) in [6, 6.07) is 22.4. The highest BCUT2D eigenvalue weighted by molar-refractivity contribution is 6.31. The number of hydrogen-bond acceptors (Lipinski definition) is 3. The molecule has 0 fully saturated rings. The standard InChI is InChI=1S/C24H12Cl2O3/c25-14-7-9-17-20(11-14)28-21-12-15(26)8-10-18(21)24(17)19-6-2-4-13-3-1-5-16(22(13)19)23(27)29-24/h1-12H. The van der Waals surface area contributed by atoms with Crippen molar-refractivity contribution in [2.45, 2.75) is 5.60 Å². The van der Waals surface area contributed by atoms with Crippen molar-refractivity contribution in [1.82, 2.24) is 0 Å². The minimum absolute atomic E-state index is 0.377. The zero-order chi connectivity index (χ0) is 19.8. The number of ether oxygens (including phenoxy) is 2. The summed E-state index contributed by atoms with van der Waals surface area (Å²) in [6.07, 6.45) is 0. The van der Waals surface area contributed by atoms with Crippen molar-refractivity contribution >= 4 is 39.9 Å². The van der Waals surface area contributed by atoms with Gasteiger partial charge < -0.3 is 9.47 Å². The predicted molar refractivity (Wildman–Crippen MR) is 112 cm³/mol. The first-order valence-electron chi connectivity index (χ1n) is 9.11. The second-order valence-electron chi connectivity index (χ2n) is 7.16. The van der Waals surface area contributed by atoms with E-state index in [-0.39, 0.29) is 5.97 Å². The van der Waals surface area contributed by atoms with E-state index in [1.807, 2.05) is 42.5 Å². The van der Waals surface area contributed by atoms with E-state index in [0.29, 0.717) is 27.1 Å². The van der Waals surface area contributed by atoms with Gasteiger partial charge in [-0.3, -0.25) is 0 Å². The van der Waals surface area contributed by atoms with Gasteiger partial charge in [-0.25, -0.2) is 4.79 Å². The van der Waals surface area contributed by atoms with Gasteiger partial charge in [0.15, 0.2) is 5.60 Å². The van der Waals surface area contributed by atoms with Crippen molar-refractivity contribution < 1.29 is 14.3 Å². The van der Waals surface area contributed by atoms with Gasteiger partial charge in [-0.05, 0) is 47.9 Å². The lowest BCUT2D eigenvalue weighted by atomic mass is 9.74. The number of hydrogen-bond donors (Lipinski definition) is 0. The van der Waals surface area contributed by atoms with Gasteiger partial charge in [0, 0.05) is 32.1 Å². The summed E-state index contributed by atoms with van der Waals surface area (Å²) < 4.78 is 12.4. The Morgan fingerprint density at radius 3 is 2.00 bits per heavy atom. The lowest BCUT2D eigenvalue weighted by Crippen LogP contribution is -2.40. The second kappa shape index (κ2) is 5.76. The van der Waals surface area contributed by atoms with E-state index in [1.165, 1.54) is 0 Å². The van der Waals surface area contributed by atoms with E-state index in [2.05, 4.69) is 0 Å². The maximum absolute atomic E-state index is 13.2. The summed E-state index contributed by atoms with van der Waals surface area (Å²) >= 11 is 12.5. The molecule has 0 aliphatic carbocycles. The smallest absolute Gasteiger partial charge is 0.340 e. The van der Waals surface area contributed by atoms with Gasteiger partial charge >= 0.3 is 5.97 Å². The first-order chi connectivity index (χ1) is 14.1. The Hall–Kier alpha value is -3.01. The lowest BCUT2D eigenvalue weighted by molar-refractivity contribution is 0.00960. The van der Waals surface area contributed by atoms with Crippen LogP contribution in [0, 0.1) is 0 Å². The third-order valence-corrected chi connectivity index (χ3v) is 6.09. The van der Waals surface area contributed by atoms with Gasteiger partial charge in [0.25, 0.3) is 0 Å². The predicted octanol–water partition coefficient (Wildman–Crippen LogP) is 6.71. The second-order valence-corrected chi connectivity index (χ2v) is 8.04. The molecule has 5 heteroatoms. The number of halogens is 2. The topological polar surface area (TPSA) is 35.5 Å². The Morgan fingerprint density at radius 2 is 1.34 bits per heavy atom. The number of fused-ring (bicyclic) bond motifs is 5. The molecule has 0 atom stereocenters. The van der Waals surface area contributed by atoms with E-state index >= 15 is 0 Å². The fraction of sp³-hybridized carbons (Fsp3) is 0.0417.